The second-order valence-corrected chi connectivity index (χ2v) is 9.70. The van der Waals surface area contributed by atoms with Crippen molar-refractivity contribution in [2.45, 2.75) is 16.4 Å². The van der Waals surface area contributed by atoms with Crippen molar-refractivity contribution in [2.75, 3.05) is 19.5 Å². The van der Waals surface area contributed by atoms with E-state index >= 15 is 4.39 Å². The van der Waals surface area contributed by atoms with Gasteiger partial charge in [0.05, 0.1) is 19.1 Å². The molecule has 1 atom stereocenters. The largest absolute Gasteiger partial charge is 0.493 e. The minimum absolute atomic E-state index is 0.0488. The van der Waals surface area contributed by atoms with Gasteiger partial charge in [-0.15, -0.1) is 0 Å². The fourth-order valence-corrected chi connectivity index (χ4v) is 4.78. The molecule has 186 valence electrons. The molecule has 0 heterocycles. The monoisotopic (exact) mass is 529 g/mol. The topological polar surface area (TPSA) is 102 Å². The Morgan fingerprint density at radius 3 is 2.23 bits per heavy atom. The summed E-state index contributed by atoms with van der Waals surface area (Å²) in [6.45, 7) is 0. The van der Waals surface area contributed by atoms with E-state index in [9.17, 15) is 27.1 Å². The number of carboxylic acid groups (broad SMARTS) is 1. The number of hydrogen-bond acceptors (Lipinski definition) is 6. The summed E-state index contributed by atoms with van der Waals surface area (Å²) in [6.07, 6.45) is -0.479. The maximum atomic E-state index is 15.9. The van der Waals surface area contributed by atoms with Crippen LogP contribution in [-0.4, -0.2) is 38.8 Å². The molecule has 3 rings (SSSR count). The Hall–Kier alpha value is -3.44. The molecule has 0 aromatic heterocycles. The Morgan fingerprint density at radius 2 is 1.66 bits per heavy atom. The number of ether oxygens (including phenoxy) is 2. The average Bonchev–Trinajstić information content (AvgIpc) is 2.82. The van der Waals surface area contributed by atoms with E-state index in [0.29, 0.717) is 0 Å². The smallest absolute Gasteiger partial charge is 0.382 e. The van der Waals surface area contributed by atoms with Gasteiger partial charge in [0.15, 0.2) is 11.5 Å². The minimum atomic E-state index is -5.27. The van der Waals surface area contributed by atoms with Gasteiger partial charge in [0.25, 0.3) is 0 Å². The fourth-order valence-electron chi connectivity index (χ4n) is 3.28. The van der Waals surface area contributed by atoms with Crippen molar-refractivity contribution in [3.63, 3.8) is 0 Å². The highest BCUT2D eigenvalue weighted by molar-refractivity contribution is 7.93. The van der Waals surface area contributed by atoms with Crippen molar-refractivity contribution in [1.82, 2.24) is 0 Å². The lowest BCUT2D eigenvalue weighted by atomic mass is 10.0. The van der Waals surface area contributed by atoms with Crippen LogP contribution in [-0.2, 0) is 21.1 Å². The van der Waals surface area contributed by atoms with Crippen LogP contribution in [0.15, 0.2) is 59.5 Å². The molecule has 12 heteroatoms. The summed E-state index contributed by atoms with van der Waals surface area (Å²) in [5.41, 5.74) is -0.807. The first-order valence-electron chi connectivity index (χ1n) is 9.83. The number of aliphatic carboxylic acids is 1. The normalized spacial score (nSPS) is 13.1. The van der Waals surface area contributed by atoms with E-state index in [-0.39, 0.29) is 27.8 Å². The second-order valence-electron chi connectivity index (χ2n) is 7.22. The minimum Gasteiger partial charge on any atom is -0.493 e. The van der Waals surface area contributed by atoms with Crippen LogP contribution in [0.4, 0.5) is 18.9 Å². The number of sulfone groups is 1. The predicted octanol–water partition coefficient (Wildman–Crippen LogP) is 4.82. The number of methoxy groups -OCH3 is 2. The summed E-state index contributed by atoms with van der Waals surface area (Å²) in [7, 11) is -2.75. The third kappa shape index (κ3) is 5.01. The highest BCUT2D eigenvalue weighted by Crippen LogP contribution is 2.36. The summed E-state index contributed by atoms with van der Waals surface area (Å²) in [6, 6.07) is 9.75. The molecule has 0 amide bonds. The van der Waals surface area contributed by atoms with Crippen LogP contribution in [0.1, 0.15) is 11.1 Å². The Morgan fingerprint density at radius 1 is 1.03 bits per heavy atom. The summed E-state index contributed by atoms with van der Waals surface area (Å²) in [4.78, 5) is 11.2. The van der Waals surface area contributed by atoms with Crippen LogP contribution < -0.4 is 14.8 Å². The second kappa shape index (κ2) is 10.0. The number of halogens is 4. The standard InChI is InChI=1S/C23H19ClF3NO6S/c1-33-20-9-7-15(12-21(20)34-2)35(31,32)23(27,22(29)30)28-19-8-6-14(24)10-13(19)11-16-17(25)4-3-5-18(16)26/h3-10,12,28H,11H2,1-2H3,(H,29,30). The van der Waals surface area contributed by atoms with Gasteiger partial charge in [0.2, 0.25) is 9.84 Å². The molecular formula is C23H19ClF3NO6S. The number of rotatable bonds is 9. The molecule has 0 aliphatic rings. The van der Waals surface area contributed by atoms with Gasteiger partial charge in [-0.2, -0.15) is 4.39 Å². The van der Waals surface area contributed by atoms with E-state index in [0.717, 1.165) is 36.4 Å². The van der Waals surface area contributed by atoms with Crippen LogP contribution in [0.25, 0.3) is 0 Å². The molecule has 0 spiro atoms. The highest BCUT2D eigenvalue weighted by Gasteiger charge is 2.54. The van der Waals surface area contributed by atoms with E-state index in [1.165, 1.54) is 32.4 Å². The number of carbonyl (C=O) groups is 1. The van der Waals surface area contributed by atoms with Crippen molar-refractivity contribution in [3.8, 4) is 11.5 Å². The van der Waals surface area contributed by atoms with Gasteiger partial charge < -0.3 is 19.9 Å². The first kappa shape index (κ1) is 26.2. The highest BCUT2D eigenvalue weighted by atomic mass is 35.5. The quantitative estimate of drug-likeness (QED) is 0.383. The number of benzene rings is 3. The lowest BCUT2D eigenvalue weighted by molar-refractivity contribution is -0.143. The van der Waals surface area contributed by atoms with Gasteiger partial charge in [-0.05, 0) is 48.0 Å². The fraction of sp³-hybridized carbons (Fsp3) is 0.174. The summed E-state index contributed by atoms with van der Waals surface area (Å²) < 4.78 is 80.6. The number of nitrogens with one attached hydrogen (secondary N) is 1. The van der Waals surface area contributed by atoms with Gasteiger partial charge >= 0.3 is 11.1 Å². The lowest BCUT2D eigenvalue weighted by Crippen LogP contribution is -2.49. The molecule has 1 unspecified atom stereocenters. The zero-order valence-electron chi connectivity index (χ0n) is 18.3. The molecule has 0 saturated heterocycles. The predicted molar refractivity (Wildman–Crippen MR) is 122 cm³/mol. The first-order valence-corrected chi connectivity index (χ1v) is 11.7. The molecule has 35 heavy (non-hydrogen) atoms. The Kier molecular flexibility index (Phi) is 7.51. The number of carboxylic acids is 1. The van der Waals surface area contributed by atoms with Gasteiger partial charge in [0, 0.05) is 28.8 Å². The van der Waals surface area contributed by atoms with E-state index in [2.05, 4.69) is 0 Å². The van der Waals surface area contributed by atoms with Crippen molar-refractivity contribution < 1.29 is 41.0 Å². The Labute approximate surface area is 204 Å². The van der Waals surface area contributed by atoms with Crippen LogP contribution >= 0.6 is 11.6 Å². The molecular weight excluding hydrogens is 511 g/mol. The molecule has 0 aliphatic carbocycles. The average molecular weight is 530 g/mol. The van der Waals surface area contributed by atoms with Crippen molar-refractivity contribution in [2.24, 2.45) is 0 Å². The maximum Gasteiger partial charge on any atom is 0.382 e. The van der Waals surface area contributed by atoms with Crippen LogP contribution in [0, 0.1) is 11.6 Å². The van der Waals surface area contributed by atoms with Gasteiger partial charge in [-0.3, -0.25) is 0 Å². The van der Waals surface area contributed by atoms with Crippen LogP contribution in [0.2, 0.25) is 5.02 Å². The summed E-state index contributed by atoms with van der Waals surface area (Å²) >= 11 is 5.97. The zero-order valence-corrected chi connectivity index (χ0v) is 19.9. The van der Waals surface area contributed by atoms with Gasteiger partial charge in [-0.25, -0.2) is 22.0 Å². The third-order valence-electron chi connectivity index (χ3n) is 5.10. The Bertz CT molecular complexity index is 1370. The molecule has 3 aromatic carbocycles. The molecule has 2 N–H and O–H groups in total. The summed E-state index contributed by atoms with van der Waals surface area (Å²) in [5, 5.41) is 7.52. The van der Waals surface area contributed by atoms with E-state index in [1.54, 1.807) is 0 Å². The SMILES string of the molecule is COc1ccc(S(=O)(=O)C(F)(Nc2ccc(Cl)cc2Cc2c(F)cccc2F)C(=O)O)cc1OC. The molecule has 7 nitrogen and oxygen atoms in total. The van der Waals surface area contributed by atoms with Crippen LogP contribution in [0.5, 0.6) is 11.5 Å². The Balaban J connectivity index is 2.10. The lowest BCUT2D eigenvalue weighted by Gasteiger charge is -2.25. The molecule has 0 radical (unpaired) electrons. The molecule has 3 aromatic rings. The number of anilines is 1. The molecule has 0 fully saturated rings. The summed E-state index contributed by atoms with van der Waals surface area (Å²) in [5.74, 6) is -4.13. The van der Waals surface area contributed by atoms with E-state index < -0.39 is 49.4 Å². The van der Waals surface area contributed by atoms with Gasteiger partial charge in [-0.1, -0.05) is 17.7 Å². The number of alkyl halides is 1. The van der Waals surface area contributed by atoms with Crippen molar-refractivity contribution in [1.29, 1.82) is 0 Å². The molecule has 0 aliphatic heterocycles. The first-order chi connectivity index (χ1) is 16.4. The maximum absolute atomic E-state index is 15.9. The van der Waals surface area contributed by atoms with Crippen molar-refractivity contribution in [3.05, 3.63) is 82.4 Å². The van der Waals surface area contributed by atoms with E-state index in [1.807, 2.05) is 5.32 Å². The number of hydrogen-bond donors (Lipinski definition) is 2. The van der Waals surface area contributed by atoms with E-state index in [4.69, 9.17) is 21.1 Å². The van der Waals surface area contributed by atoms with Crippen LogP contribution in [0.3, 0.4) is 0 Å². The third-order valence-corrected chi connectivity index (χ3v) is 7.23. The van der Waals surface area contributed by atoms with Crippen molar-refractivity contribution >= 4 is 33.1 Å². The zero-order chi connectivity index (χ0) is 26.0. The molecule has 0 bridgehead atoms. The van der Waals surface area contributed by atoms with Gasteiger partial charge in [0.1, 0.15) is 11.6 Å². The molecule has 0 saturated carbocycles.